The van der Waals surface area contributed by atoms with E-state index in [-0.39, 0.29) is 5.41 Å². The fourth-order valence-electron chi connectivity index (χ4n) is 7.28. The summed E-state index contributed by atoms with van der Waals surface area (Å²) < 4.78 is 0. The standard InChI is InChI=1S/C44H36N2/c1-4-13-34(14-5-1)41-31-42(35-15-6-2-7-16-35)46-43(45-41)36-22-26-40(27-23-36)44(28-10-3-11-29-44)39-24-20-33(21-25-39)38-19-18-32-12-8-9-17-37(32)30-38/h1-2,4-9,12-27,30-31H,3,10-11,28-29H2. The van der Waals surface area contributed by atoms with Crippen molar-refractivity contribution in [1.82, 2.24) is 9.97 Å². The lowest BCUT2D eigenvalue weighted by Crippen LogP contribution is -2.30. The SMILES string of the molecule is c1ccc(-c2cc(-c3ccccc3)nc(-c3ccc(C4(c5ccc(-c6ccc7ccccc7c6)cc5)CCCCC4)cc3)n2)cc1. The van der Waals surface area contributed by atoms with Crippen LogP contribution in [0.3, 0.4) is 0 Å². The maximum atomic E-state index is 5.06. The van der Waals surface area contributed by atoms with Gasteiger partial charge in [-0.2, -0.15) is 0 Å². The molecule has 8 rings (SSSR count). The summed E-state index contributed by atoms with van der Waals surface area (Å²) in [5, 5.41) is 2.56. The van der Waals surface area contributed by atoms with Gasteiger partial charge in [0.05, 0.1) is 11.4 Å². The molecule has 0 atom stereocenters. The summed E-state index contributed by atoms with van der Waals surface area (Å²) in [5.41, 5.74) is 10.4. The van der Waals surface area contributed by atoms with Gasteiger partial charge in [-0.25, -0.2) is 9.97 Å². The van der Waals surface area contributed by atoms with Crippen LogP contribution in [0.1, 0.15) is 43.2 Å². The van der Waals surface area contributed by atoms with E-state index in [1.54, 1.807) is 0 Å². The average molecular weight is 593 g/mol. The fourth-order valence-corrected chi connectivity index (χ4v) is 7.28. The second-order valence-corrected chi connectivity index (χ2v) is 12.6. The predicted molar refractivity (Wildman–Crippen MR) is 192 cm³/mol. The maximum absolute atomic E-state index is 5.06. The van der Waals surface area contributed by atoms with Crippen LogP contribution in [0.4, 0.5) is 0 Å². The first-order chi connectivity index (χ1) is 22.7. The average Bonchev–Trinajstić information content (AvgIpc) is 3.15. The van der Waals surface area contributed by atoms with Crippen LogP contribution in [0, 0.1) is 0 Å². The number of aromatic nitrogens is 2. The third-order valence-corrected chi connectivity index (χ3v) is 9.79. The van der Waals surface area contributed by atoms with Gasteiger partial charge in [-0.3, -0.25) is 0 Å². The van der Waals surface area contributed by atoms with E-state index < -0.39 is 0 Å². The maximum Gasteiger partial charge on any atom is 0.160 e. The summed E-state index contributed by atoms with van der Waals surface area (Å²) in [6, 6.07) is 56.7. The van der Waals surface area contributed by atoms with E-state index in [1.807, 2.05) is 12.1 Å². The molecule has 1 aromatic heterocycles. The molecule has 0 radical (unpaired) electrons. The van der Waals surface area contributed by atoms with Crippen molar-refractivity contribution < 1.29 is 0 Å². The van der Waals surface area contributed by atoms with E-state index in [9.17, 15) is 0 Å². The summed E-state index contributed by atoms with van der Waals surface area (Å²) in [5.74, 6) is 0.754. The quantitative estimate of drug-likeness (QED) is 0.192. The van der Waals surface area contributed by atoms with E-state index in [0.717, 1.165) is 33.9 Å². The molecule has 0 aliphatic heterocycles. The van der Waals surface area contributed by atoms with Crippen molar-refractivity contribution in [3.63, 3.8) is 0 Å². The normalized spacial score (nSPS) is 14.3. The predicted octanol–water partition coefficient (Wildman–Crippen LogP) is 11.5. The largest absolute Gasteiger partial charge is 0.228 e. The minimum Gasteiger partial charge on any atom is -0.228 e. The lowest BCUT2D eigenvalue weighted by Gasteiger charge is -2.39. The Morgan fingerprint density at radius 3 is 1.46 bits per heavy atom. The van der Waals surface area contributed by atoms with Gasteiger partial charge in [0, 0.05) is 22.1 Å². The van der Waals surface area contributed by atoms with E-state index in [1.165, 1.54) is 65.1 Å². The van der Waals surface area contributed by atoms with Crippen LogP contribution < -0.4 is 0 Å². The van der Waals surface area contributed by atoms with Crippen molar-refractivity contribution in [3.05, 3.63) is 169 Å². The third kappa shape index (κ3) is 5.41. The highest BCUT2D eigenvalue weighted by atomic mass is 14.9. The molecule has 2 heteroatoms. The van der Waals surface area contributed by atoms with Crippen molar-refractivity contribution in [2.24, 2.45) is 0 Å². The molecule has 0 unspecified atom stereocenters. The number of hydrogen-bond donors (Lipinski definition) is 0. The summed E-state index contributed by atoms with van der Waals surface area (Å²) in [4.78, 5) is 10.1. The first-order valence-corrected chi connectivity index (χ1v) is 16.5. The Kier molecular flexibility index (Phi) is 7.48. The van der Waals surface area contributed by atoms with Gasteiger partial charge in [-0.15, -0.1) is 0 Å². The zero-order valence-electron chi connectivity index (χ0n) is 25.9. The molecule has 1 saturated carbocycles. The number of rotatable bonds is 6. The number of nitrogens with zero attached hydrogens (tertiary/aromatic N) is 2. The number of hydrogen-bond acceptors (Lipinski definition) is 2. The smallest absolute Gasteiger partial charge is 0.160 e. The molecular formula is C44H36N2. The molecule has 1 aliphatic carbocycles. The monoisotopic (exact) mass is 592 g/mol. The van der Waals surface area contributed by atoms with Gasteiger partial charge in [0.15, 0.2) is 5.82 Å². The van der Waals surface area contributed by atoms with E-state index in [4.69, 9.17) is 9.97 Å². The van der Waals surface area contributed by atoms with E-state index >= 15 is 0 Å². The Bertz CT molecular complexity index is 2030. The van der Waals surface area contributed by atoms with Crippen LogP contribution in [-0.4, -0.2) is 9.97 Å². The molecule has 0 saturated heterocycles. The second kappa shape index (κ2) is 12.2. The van der Waals surface area contributed by atoms with Crippen LogP contribution >= 0.6 is 0 Å². The van der Waals surface area contributed by atoms with Crippen molar-refractivity contribution in [1.29, 1.82) is 0 Å². The lowest BCUT2D eigenvalue weighted by molar-refractivity contribution is 0.346. The first kappa shape index (κ1) is 28.2. The summed E-state index contributed by atoms with van der Waals surface area (Å²) in [7, 11) is 0. The molecule has 0 N–H and O–H groups in total. The molecule has 1 heterocycles. The molecule has 1 fully saturated rings. The van der Waals surface area contributed by atoms with Gasteiger partial charge < -0.3 is 0 Å². The molecule has 0 bridgehead atoms. The zero-order valence-corrected chi connectivity index (χ0v) is 25.9. The molecule has 2 nitrogen and oxygen atoms in total. The van der Waals surface area contributed by atoms with Gasteiger partial charge in [0.25, 0.3) is 0 Å². The van der Waals surface area contributed by atoms with Crippen LogP contribution in [0.5, 0.6) is 0 Å². The van der Waals surface area contributed by atoms with Crippen LogP contribution in [-0.2, 0) is 5.41 Å². The topological polar surface area (TPSA) is 25.8 Å². The number of benzene rings is 6. The Hall–Kier alpha value is -5.34. The van der Waals surface area contributed by atoms with Crippen molar-refractivity contribution in [2.45, 2.75) is 37.5 Å². The molecule has 222 valence electrons. The highest BCUT2D eigenvalue weighted by molar-refractivity contribution is 5.87. The minimum atomic E-state index is 0.0145. The highest BCUT2D eigenvalue weighted by Gasteiger charge is 2.35. The van der Waals surface area contributed by atoms with Crippen molar-refractivity contribution >= 4 is 10.8 Å². The van der Waals surface area contributed by atoms with E-state index in [2.05, 4.69) is 146 Å². The summed E-state index contributed by atoms with van der Waals surface area (Å²) >= 11 is 0. The van der Waals surface area contributed by atoms with Gasteiger partial charge >= 0.3 is 0 Å². The van der Waals surface area contributed by atoms with Gasteiger partial charge in [-0.1, -0.05) is 165 Å². The first-order valence-electron chi connectivity index (χ1n) is 16.5. The van der Waals surface area contributed by atoms with Gasteiger partial charge in [0.1, 0.15) is 0 Å². The number of fused-ring (bicyclic) bond motifs is 1. The summed E-state index contributed by atoms with van der Waals surface area (Å²) in [6.07, 6.45) is 6.13. The lowest BCUT2D eigenvalue weighted by atomic mass is 9.65. The molecule has 1 aliphatic rings. The molecule has 0 spiro atoms. The van der Waals surface area contributed by atoms with Crippen LogP contribution in [0.15, 0.2) is 158 Å². The molecule has 46 heavy (non-hydrogen) atoms. The highest BCUT2D eigenvalue weighted by Crippen LogP contribution is 2.45. The Morgan fingerprint density at radius 1 is 0.370 bits per heavy atom. The zero-order chi connectivity index (χ0) is 30.8. The fraction of sp³-hybridized carbons (Fsp3) is 0.136. The van der Waals surface area contributed by atoms with Crippen LogP contribution in [0.2, 0.25) is 0 Å². The Balaban J connectivity index is 1.15. The molecule has 7 aromatic rings. The van der Waals surface area contributed by atoms with Gasteiger partial charge in [-0.05, 0) is 58.0 Å². The molecule has 0 amide bonds. The van der Waals surface area contributed by atoms with Gasteiger partial charge in [0.2, 0.25) is 0 Å². The Labute approximate surface area is 271 Å². The minimum absolute atomic E-state index is 0.0145. The van der Waals surface area contributed by atoms with E-state index in [0.29, 0.717) is 0 Å². The Morgan fingerprint density at radius 2 is 0.870 bits per heavy atom. The third-order valence-electron chi connectivity index (χ3n) is 9.79. The van der Waals surface area contributed by atoms with Crippen LogP contribution in [0.25, 0.3) is 55.8 Å². The molecule has 6 aromatic carbocycles. The second-order valence-electron chi connectivity index (χ2n) is 12.6. The summed E-state index contributed by atoms with van der Waals surface area (Å²) in [6.45, 7) is 0. The van der Waals surface area contributed by atoms with Crippen molar-refractivity contribution in [3.8, 4) is 45.0 Å². The molecular weight excluding hydrogens is 556 g/mol. The van der Waals surface area contributed by atoms with Crippen molar-refractivity contribution in [2.75, 3.05) is 0 Å².